The number of hydrogen-bond donors (Lipinski definition) is 2. The zero-order chi connectivity index (χ0) is 19.4. The highest BCUT2D eigenvalue weighted by Crippen LogP contribution is 2.17. The first-order valence-electron chi connectivity index (χ1n) is 8.45. The van der Waals surface area contributed by atoms with Crippen LogP contribution in [0.5, 0.6) is 0 Å². The van der Waals surface area contributed by atoms with Gasteiger partial charge in [0.15, 0.2) is 5.58 Å². The Labute approximate surface area is 156 Å². The van der Waals surface area contributed by atoms with Gasteiger partial charge in [-0.05, 0) is 43.7 Å². The standard InChI is InChI=1S/C18H20N4O4S/c1-3-22(4-2)14-7-5-13(6-8-14)12-19-21-27(24,25)15-9-10-16-17(11-15)26-18(23)20-16/h5-12,21H,3-4H2,1-2H3,(H,20,23)/b19-12+. The third-order valence-corrected chi connectivity index (χ3v) is 5.33. The average Bonchev–Trinajstić information content (AvgIpc) is 3.03. The fourth-order valence-electron chi connectivity index (χ4n) is 2.68. The van der Waals surface area contributed by atoms with Crippen molar-refractivity contribution in [2.45, 2.75) is 18.7 Å². The fourth-order valence-corrected chi connectivity index (χ4v) is 3.48. The summed E-state index contributed by atoms with van der Waals surface area (Å²) in [7, 11) is -3.87. The van der Waals surface area contributed by atoms with Gasteiger partial charge in [0.2, 0.25) is 0 Å². The Kier molecular flexibility index (Phi) is 5.31. The van der Waals surface area contributed by atoms with Gasteiger partial charge < -0.3 is 9.32 Å². The van der Waals surface area contributed by atoms with E-state index in [1.54, 1.807) is 0 Å². The van der Waals surface area contributed by atoms with Crippen LogP contribution in [0, 0.1) is 0 Å². The Hall–Kier alpha value is -3.07. The van der Waals surface area contributed by atoms with E-state index >= 15 is 0 Å². The van der Waals surface area contributed by atoms with Gasteiger partial charge in [-0.1, -0.05) is 12.1 Å². The number of benzene rings is 2. The van der Waals surface area contributed by atoms with Crippen molar-refractivity contribution >= 4 is 33.0 Å². The van der Waals surface area contributed by atoms with Gasteiger partial charge in [-0.15, -0.1) is 0 Å². The number of anilines is 1. The van der Waals surface area contributed by atoms with E-state index in [4.69, 9.17) is 4.42 Å². The molecule has 2 N–H and O–H groups in total. The van der Waals surface area contributed by atoms with E-state index in [9.17, 15) is 13.2 Å². The van der Waals surface area contributed by atoms with Crippen LogP contribution in [0.3, 0.4) is 0 Å². The Morgan fingerprint density at radius 2 is 1.85 bits per heavy atom. The predicted molar refractivity (Wildman–Crippen MR) is 105 cm³/mol. The highest BCUT2D eigenvalue weighted by atomic mass is 32.2. The van der Waals surface area contributed by atoms with Crippen LogP contribution >= 0.6 is 0 Å². The van der Waals surface area contributed by atoms with Gasteiger partial charge in [0.1, 0.15) is 0 Å². The molecule has 0 aliphatic heterocycles. The van der Waals surface area contributed by atoms with Gasteiger partial charge in [-0.25, -0.2) is 9.63 Å². The summed E-state index contributed by atoms with van der Waals surface area (Å²) < 4.78 is 29.5. The van der Waals surface area contributed by atoms with E-state index in [2.05, 4.69) is 33.7 Å². The molecule has 3 aromatic rings. The molecule has 0 bridgehead atoms. The molecule has 142 valence electrons. The van der Waals surface area contributed by atoms with Gasteiger partial charge >= 0.3 is 5.76 Å². The molecule has 0 atom stereocenters. The third-order valence-electron chi connectivity index (χ3n) is 4.11. The predicted octanol–water partition coefficient (Wildman–Crippen LogP) is 2.28. The minimum absolute atomic E-state index is 0.0493. The molecule has 0 saturated carbocycles. The molecule has 1 aromatic heterocycles. The molecule has 0 amide bonds. The Morgan fingerprint density at radius 3 is 2.52 bits per heavy atom. The first kappa shape index (κ1) is 18.7. The number of sulfonamides is 1. The van der Waals surface area contributed by atoms with Crippen LogP contribution in [0.4, 0.5) is 5.69 Å². The second kappa shape index (κ2) is 7.67. The molecule has 27 heavy (non-hydrogen) atoms. The normalized spacial score (nSPS) is 11.9. The maximum absolute atomic E-state index is 12.3. The van der Waals surface area contributed by atoms with Gasteiger partial charge in [0, 0.05) is 24.8 Å². The molecule has 2 aromatic carbocycles. The molecule has 0 saturated heterocycles. The number of hydrazone groups is 1. The molecular weight excluding hydrogens is 368 g/mol. The number of nitrogens with one attached hydrogen (secondary N) is 2. The van der Waals surface area contributed by atoms with E-state index in [1.807, 2.05) is 24.3 Å². The van der Waals surface area contributed by atoms with Crippen molar-refractivity contribution in [1.82, 2.24) is 9.82 Å². The van der Waals surface area contributed by atoms with Crippen molar-refractivity contribution < 1.29 is 12.8 Å². The summed E-state index contributed by atoms with van der Waals surface area (Å²) >= 11 is 0. The quantitative estimate of drug-likeness (QED) is 0.477. The number of oxazole rings is 1. The lowest BCUT2D eigenvalue weighted by Gasteiger charge is -2.20. The fraction of sp³-hybridized carbons (Fsp3) is 0.222. The van der Waals surface area contributed by atoms with Crippen LogP contribution in [0.1, 0.15) is 19.4 Å². The average molecular weight is 388 g/mol. The van der Waals surface area contributed by atoms with Crippen molar-refractivity contribution in [3.63, 3.8) is 0 Å². The van der Waals surface area contributed by atoms with E-state index in [0.717, 1.165) is 24.3 Å². The Morgan fingerprint density at radius 1 is 1.15 bits per heavy atom. The first-order valence-corrected chi connectivity index (χ1v) is 9.94. The maximum Gasteiger partial charge on any atom is 0.417 e. The number of rotatable bonds is 7. The zero-order valence-electron chi connectivity index (χ0n) is 15.0. The zero-order valence-corrected chi connectivity index (χ0v) is 15.8. The van der Waals surface area contributed by atoms with Crippen LogP contribution in [0.2, 0.25) is 0 Å². The molecule has 0 spiro atoms. The van der Waals surface area contributed by atoms with Crippen molar-refractivity contribution in [2.24, 2.45) is 5.10 Å². The van der Waals surface area contributed by atoms with Gasteiger partial charge in [0.25, 0.3) is 10.0 Å². The van der Waals surface area contributed by atoms with Crippen molar-refractivity contribution in [2.75, 3.05) is 18.0 Å². The Bertz CT molecular complexity index is 1110. The summed E-state index contributed by atoms with van der Waals surface area (Å²) in [6.45, 7) is 6.00. The molecule has 0 radical (unpaired) electrons. The molecule has 0 unspecified atom stereocenters. The molecule has 1 heterocycles. The summed E-state index contributed by atoms with van der Waals surface area (Å²) in [4.78, 5) is 17.9. The molecular formula is C18H20N4O4S. The van der Waals surface area contributed by atoms with E-state index in [1.165, 1.54) is 24.4 Å². The topological polar surface area (TPSA) is 108 Å². The lowest BCUT2D eigenvalue weighted by atomic mass is 10.2. The smallest absolute Gasteiger partial charge is 0.408 e. The van der Waals surface area contributed by atoms with Gasteiger partial charge in [-0.2, -0.15) is 13.5 Å². The van der Waals surface area contributed by atoms with Crippen molar-refractivity contribution in [1.29, 1.82) is 0 Å². The highest BCUT2D eigenvalue weighted by molar-refractivity contribution is 7.89. The summed E-state index contributed by atoms with van der Waals surface area (Å²) in [5, 5.41) is 3.81. The summed E-state index contributed by atoms with van der Waals surface area (Å²) in [6.07, 6.45) is 1.43. The molecule has 8 nitrogen and oxygen atoms in total. The van der Waals surface area contributed by atoms with E-state index < -0.39 is 15.8 Å². The number of hydrogen-bond acceptors (Lipinski definition) is 6. The van der Waals surface area contributed by atoms with E-state index in [0.29, 0.717) is 5.52 Å². The number of aromatic amines is 1. The molecule has 0 aliphatic carbocycles. The van der Waals surface area contributed by atoms with Gasteiger partial charge in [-0.3, -0.25) is 4.98 Å². The number of H-pyrrole nitrogens is 1. The largest absolute Gasteiger partial charge is 0.417 e. The van der Waals surface area contributed by atoms with Crippen molar-refractivity contribution in [3.05, 3.63) is 58.6 Å². The summed E-state index contributed by atoms with van der Waals surface area (Å²) in [6, 6.07) is 11.8. The molecule has 0 aliphatic rings. The van der Waals surface area contributed by atoms with Crippen LogP contribution in [-0.4, -0.2) is 32.7 Å². The van der Waals surface area contributed by atoms with Crippen LogP contribution in [0.15, 0.2) is 61.7 Å². The first-order chi connectivity index (χ1) is 12.9. The second-order valence-corrected chi connectivity index (χ2v) is 7.45. The highest BCUT2D eigenvalue weighted by Gasteiger charge is 2.15. The Balaban J connectivity index is 1.73. The third kappa shape index (κ3) is 4.20. The lowest BCUT2D eigenvalue weighted by Crippen LogP contribution is -2.21. The van der Waals surface area contributed by atoms with Crippen LogP contribution in [-0.2, 0) is 10.0 Å². The number of aromatic nitrogens is 1. The number of fused-ring (bicyclic) bond motifs is 1. The minimum Gasteiger partial charge on any atom is -0.408 e. The SMILES string of the molecule is CCN(CC)c1ccc(/C=N/NS(=O)(=O)c2ccc3[nH]c(=O)oc3c2)cc1. The number of nitrogens with zero attached hydrogens (tertiary/aromatic N) is 2. The van der Waals surface area contributed by atoms with E-state index in [-0.39, 0.29) is 10.5 Å². The summed E-state index contributed by atoms with van der Waals surface area (Å²) in [5.74, 6) is -0.640. The maximum atomic E-state index is 12.3. The minimum atomic E-state index is -3.87. The molecule has 3 rings (SSSR count). The lowest BCUT2D eigenvalue weighted by molar-refractivity contribution is 0.553. The monoisotopic (exact) mass is 388 g/mol. The van der Waals surface area contributed by atoms with Gasteiger partial charge in [0.05, 0.1) is 16.6 Å². The molecule has 0 fully saturated rings. The van der Waals surface area contributed by atoms with Crippen LogP contribution < -0.4 is 15.5 Å². The molecule has 9 heteroatoms. The summed E-state index contributed by atoms with van der Waals surface area (Å²) in [5.41, 5.74) is 2.45. The van der Waals surface area contributed by atoms with Crippen LogP contribution in [0.25, 0.3) is 11.1 Å². The second-order valence-electron chi connectivity index (χ2n) is 5.79. The van der Waals surface area contributed by atoms with Crippen molar-refractivity contribution in [3.8, 4) is 0 Å².